The molecule has 1 aromatic carbocycles. The van der Waals surface area contributed by atoms with E-state index in [9.17, 15) is 4.79 Å². The Hall–Kier alpha value is -3.02. The van der Waals surface area contributed by atoms with E-state index >= 15 is 0 Å². The Morgan fingerprint density at radius 2 is 1.68 bits per heavy atom. The van der Waals surface area contributed by atoms with Gasteiger partial charge in [-0.3, -0.25) is 9.78 Å². The van der Waals surface area contributed by atoms with Crippen molar-refractivity contribution in [3.63, 3.8) is 0 Å². The van der Waals surface area contributed by atoms with Crippen LogP contribution in [0.4, 0.5) is 5.95 Å². The van der Waals surface area contributed by atoms with E-state index < -0.39 is 0 Å². The Balaban J connectivity index is 1.55. The standard InChI is InChI=1S/C19H19N5O/c25-18(16-5-1-7-17-15(16)6-2-8-20-17)23-11-4-12-24(14-13-23)19-21-9-3-10-22-19/h1-3,5-10H,4,11-14H2. The van der Waals surface area contributed by atoms with Crippen LogP contribution in [-0.2, 0) is 0 Å². The topological polar surface area (TPSA) is 62.2 Å². The summed E-state index contributed by atoms with van der Waals surface area (Å²) in [6, 6.07) is 11.3. The molecule has 6 heteroatoms. The molecule has 0 unspecified atom stereocenters. The number of fused-ring (bicyclic) bond motifs is 1. The van der Waals surface area contributed by atoms with Crippen molar-refractivity contribution in [2.45, 2.75) is 6.42 Å². The van der Waals surface area contributed by atoms with E-state index in [4.69, 9.17) is 0 Å². The van der Waals surface area contributed by atoms with Gasteiger partial charge < -0.3 is 9.80 Å². The summed E-state index contributed by atoms with van der Waals surface area (Å²) in [6.45, 7) is 2.98. The number of nitrogens with zero attached hydrogens (tertiary/aromatic N) is 5. The summed E-state index contributed by atoms with van der Waals surface area (Å²) in [5, 5.41) is 0.905. The molecule has 4 rings (SSSR count). The van der Waals surface area contributed by atoms with E-state index in [1.807, 2.05) is 41.3 Å². The van der Waals surface area contributed by atoms with Gasteiger partial charge in [0, 0.05) is 55.7 Å². The lowest BCUT2D eigenvalue weighted by Crippen LogP contribution is -2.35. The maximum atomic E-state index is 13.1. The van der Waals surface area contributed by atoms with Crippen LogP contribution >= 0.6 is 0 Å². The van der Waals surface area contributed by atoms with Gasteiger partial charge in [0.15, 0.2) is 0 Å². The third-order valence-corrected chi connectivity index (χ3v) is 4.49. The Kier molecular flexibility index (Phi) is 4.24. The molecule has 6 nitrogen and oxygen atoms in total. The van der Waals surface area contributed by atoms with Gasteiger partial charge >= 0.3 is 0 Å². The normalized spacial score (nSPS) is 15.2. The van der Waals surface area contributed by atoms with Crippen LogP contribution in [0.1, 0.15) is 16.8 Å². The number of amides is 1. The van der Waals surface area contributed by atoms with Crippen molar-refractivity contribution in [3.8, 4) is 0 Å². The van der Waals surface area contributed by atoms with E-state index in [2.05, 4.69) is 19.9 Å². The molecule has 25 heavy (non-hydrogen) atoms. The summed E-state index contributed by atoms with van der Waals surface area (Å²) in [4.78, 5) is 30.1. The van der Waals surface area contributed by atoms with E-state index in [0.29, 0.717) is 6.54 Å². The second-order valence-electron chi connectivity index (χ2n) is 6.06. The van der Waals surface area contributed by atoms with Gasteiger partial charge in [-0.2, -0.15) is 0 Å². The summed E-state index contributed by atoms with van der Waals surface area (Å²) in [5.41, 5.74) is 1.57. The minimum Gasteiger partial charge on any atom is -0.339 e. The van der Waals surface area contributed by atoms with Crippen LogP contribution < -0.4 is 4.90 Å². The highest BCUT2D eigenvalue weighted by molar-refractivity contribution is 6.06. The maximum Gasteiger partial charge on any atom is 0.254 e. The number of carbonyl (C=O) groups excluding carboxylic acids is 1. The van der Waals surface area contributed by atoms with Crippen LogP contribution in [0, 0.1) is 0 Å². The molecule has 1 fully saturated rings. The van der Waals surface area contributed by atoms with Crippen LogP contribution in [0.5, 0.6) is 0 Å². The second-order valence-corrected chi connectivity index (χ2v) is 6.06. The summed E-state index contributed by atoms with van der Waals surface area (Å²) in [5.74, 6) is 0.792. The SMILES string of the molecule is O=C(c1cccc2ncccc12)N1CCCN(c2ncccn2)CC1. The van der Waals surface area contributed by atoms with Crippen LogP contribution in [0.2, 0.25) is 0 Å². The molecular weight excluding hydrogens is 314 g/mol. The molecule has 1 saturated heterocycles. The third-order valence-electron chi connectivity index (χ3n) is 4.49. The number of pyridine rings is 1. The Bertz CT molecular complexity index is 878. The molecule has 0 spiro atoms. The lowest BCUT2D eigenvalue weighted by molar-refractivity contribution is 0.0769. The van der Waals surface area contributed by atoms with E-state index in [1.54, 1.807) is 18.6 Å². The molecule has 1 amide bonds. The van der Waals surface area contributed by atoms with Gasteiger partial charge in [-0.15, -0.1) is 0 Å². The molecule has 3 aromatic rings. The number of anilines is 1. The average molecular weight is 333 g/mol. The second kappa shape index (κ2) is 6.84. The number of rotatable bonds is 2. The first kappa shape index (κ1) is 15.5. The van der Waals surface area contributed by atoms with Gasteiger partial charge in [0.05, 0.1) is 5.52 Å². The smallest absolute Gasteiger partial charge is 0.254 e. The molecule has 0 saturated carbocycles. The molecule has 2 aromatic heterocycles. The van der Waals surface area contributed by atoms with Gasteiger partial charge in [-0.1, -0.05) is 12.1 Å². The minimum absolute atomic E-state index is 0.0643. The van der Waals surface area contributed by atoms with Crippen LogP contribution in [0.25, 0.3) is 10.9 Å². The molecule has 0 atom stereocenters. The molecule has 0 radical (unpaired) electrons. The van der Waals surface area contributed by atoms with Gasteiger partial charge in [-0.05, 0) is 30.7 Å². The lowest BCUT2D eigenvalue weighted by atomic mass is 10.1. The van der Waals surface area contributed by atoms with Crippen molar-refractivity contribution in [2.75, 3.05) is 31.1 Å². The van der Waals surface area contributed by atoms with E-state index in [1.165, 1.54) is 0 Å². The third kappa shape index (κ3) is 3.15. The van der Waals surface area contributed by atoms with Gasteiger partial charge in [0.1, 0.15) is 0 Å². The van der Waals surface area contributed by atoms with Crippen molar-refractivity contribution in [3.05, 3.63) is 60.6 Å². The molecule has 3 heterocycles. The van der Waals surface area contributed by atoms with E-state index in [0.717, 1.165) is 48.5 Å². The monoisotopic (exact) mass is 333 g/mol. The van der Waals surface area contributed by atoms with Gasteiger partial charge in [-0.25, -0.2) is 9.97 Å². The Morgan fingerprint density at radius 3 is 2.56 bits per heavy atom. The highest BCUT2D eigenvalue weighted by atomic mass is 16.2. The highest BCUT2D eigenvalue weighted by Gasteiger charge is 2.22. The van der Waals surface area contributed by atoms with Crippen molar-refractivity contribution >= 4 is 22.8 Å². The molecule has 126 valence electrons. The van der Waals surface area contributed by atoms with Crippen LogP contribution in [0.3, 0.4) is 0 Å². The highest BCUT2D eigenvalue weighted by Crippen LogP contribution is 2.19. The molecule has 1 aliphatic heterocycles. The summed E-state index contributed by atoms with van der Waals surface area (Å²) in [6.07, 6.45) is 6.14. The summed E-state index contributed by atoms with van der Waals surface area (Å²) in [7, 11) is 0. The molecular formula is C19H19N5O. The van der Waals surface area contributed by atoms with Crippen molar-refractivity contribution in [1.82, 2.24) is 19.9 Å². The average Bonchev–Trinajstić information content (AvgIpc) is 2.94. The molecule has 0 N–H and O–H groups in total. The summed E-state index contributed by atoms with van der Waals surface area (Å²) < 4.78 is 0. The van der Waals surface area contributed by atoms with Crippen molar-refractivity contribution in [2.24, 2.45) is 0 Å². The van der Waals surface area contributed by atoms with Crippen molar-refractivity contribution in [1.29, 1.82) is 0 Å². The zero-order valence-electron chi connectivity index (χ0n) is 13.9. The maximum absolute atomic E-state index is 13.1. The van der Waals surface area contributed by atoms with Gasteiger partial charge in [0.25, 0.3) is 5.91 Å². The zero-order valence-corrected chi connectivity index (χ0v) is 13.9. The van der Waals surface area contributed by atoms with Crippen LogP contribution in [-0.4, -0.2) is 51.9 Å². The number of hydrogen-bond donors (Lipinski definition) is 0. The first-order valence-corrected chi connectivity index (χ1v) is 8.48. The first-order valence-electron chi connectivity index (χ1n) is 8.48. The quantitative estimate of drug-likeness (QED) is 0.720. The molecule has 1 aliphatic rings. The number of carbonyl (C=O) groups is 1. The Morgan fingerprint density at radius 1 is 0.840 bits per heavy atom. The largest absolute Gasteiger partial charge is 0.339 e. The van der Waals surface area contributed by atoms with Crippen LogP contribution in [0.15, 0.2) is 55.0 Å². The molecule has 0 aliphatic carbocycles. The lowest BCUT2D eigenvalue weighted by Gasteiger charge is -2.22. The predicted octanol–water partition coefficient (Wildman–Crippen LogP) is 2.38. The first-order chi connectivity index (χ1) is 12.3. The fourth-order valence-corrected chi connectivity index (χ4v) is 3.24. The van der Waals surface area contributed by atoms with Crippen molar-refractivity contribution < 1.29 is 4.79 Å². The Labute approximate surface area is 146 Å². The predicted molar refractivity (Wildman–Crippen MR) is 96.5 cm³/mol. The van der Waals surface area contributed by atoms with E-state index in [-0.39, 0.29) is 5.91 Å². The number of hydrogen-bond acceptors (Lipinski definition) is 5. The summed E-state index contributed by atoms with van der Waals surface area (Å²) >= 11 is 0. The fraction of sp³-hybridized carbons (Fsp3) is 0.263. The molecule has 0 bridgehead atoms. The number of benzene rings is 1. The number of aromatic nitrogens is 3. The van der Waals surface area contributed by atoms with Gasteiger partial charge in [0.2, 0.25) is 5.95 Å². The fourth-order valence-electron chi connectivity index (χ4n) is 3.24. The minimum atomic E-state index is 0.0643. The zero-order chi connectivity index (χ0) is 17.1.